The lowest BCUT2D eigenvalue weighted by Gasteiger charge is -1.89. The maximum atomic E-state index is 8.77. The molecule has 0 aliphatic carbocycles. The van der Waals surface area contributed by atoms with E-state index in [1.54, 1.807) is 25.2 Å². The van der Waals surface area contributed by atoms with Crippen LogP contribution in [0.5, 0.6) is 0 Å². The Hall–Kier alpha value is -1.00. The van der Waals surface area contributed by atoms with E-state index in [4.69, 9.17) is 11.5 Å². The van der Waals surface area contributed by atoms with Crippen molar-refractivity contribution in [3.05, 3.63) is 23.8 Å². The molecule has 0 amide bonds. The van der Waals surface area contributed by atoms with Gasteiger partial charge >= 0.3 is 0 Å². The summed E-state index contributed by atoms with van der Waals surface area (Å²) in [4.78, 5) is 0. The second-order valence-corrected chi connectivity index (χ2v) is 2.12. The Morgan fingerprint density at radius 3 is 2.70 bits per heavy atom. The number of terminal acetylenes is 1. The summed E-state index contributed by atoms with van der Waals surface area (Å²) in [6.07, 6.45) is 9.87. The maximum Gasteiger partial charge on any atom is 0.0695 e. The molecular weight excluding hydrogens is 124 g/mol. The van der Waals surface area contributed by atoms with E-state index in [-0.39, 0.29) is 0 Å². The molecule has 0 rings (SSSR count). The average Bonchev–Trinajstić information content (AvgIpc) is 1.87. The highest BCUT2D eigenvalue weighted by Gasteiger charge is 1.81. The van der Waals surface area contributed by atoms with Gasteiger partial charge in [0.05, 0.1) is 6.10 Å². The van der Waals surface area contributed by atoms with Gasteiger partial charge in [0.2, 0.25) is 0 Å². The molecule has 0 aromatic heterocycles. The van der Waals surface area contributed by atoms with Gasteiger partial charge < -0.3 is 5.11 Å². The minimum atomic E-state index is -0.401. The smallest absolute Gasteiger partial charge is 0.0695 e. The van der Waals surface area contributed by atoms with Crippen molar-refractivity contribution >= 4 is 0 Å². The van der Waals surface area contributed by atoms with Gasteiger partial charge in [-0.3, -0.25) is 0 Å². The summed E-state index contributed by atoms with van der Waals surface area (Å²) in [5.41, 5.74) is 0.858. The molecule has 1 heteroatoms. The van der Waals surface area contributed by atoms with Gasteiger partial charge in [-0.05, 0) is 19.4 Å². The van der Waals surface area contributed by atoms with Crippen molar-refractivity contribution in [3.63, 3.8) is 0 Å². The molecular formula is C9H12O. The highest BCUT2D eigenvalue weighted by atomic mass is 16.3. The number of rotatable bonds is 2. The van der Waals surface area contributed by atoms with Gasteiger partial charge in [-0.25, -0.2) is 0 Å². The van der Waals surface area contributed by atoms with E-state index in [9.17, 15) is 0 Å². The molecule has 0 saturated heterocycles. The summed E-state index contributed by atoms with van der Waals surface area (Å²) in [6, 6.07) is 0. The van der Waals surface area contributed by atoms with E-state index in [2.05, 4.69) is 5.92 Å². The monoisotopic (exact) mass is 136 g/mol. The van der Waals surface area contributed by atoms with E-state index in [1.165, 1.54) is 0 Å². The average molecular weight is 136 g/mol. The summed E-state index contributed by atoms with van der Waals surface area (Å²) in [5.74, 6) is 2.47. The summed E-state index contributed by atoms with van der Waals surface area (Å²) in [6.45, 7) is 3.53. The fourth-order valence-corrected chi connectivity index (χ4v) is 0.409. The van der Waals surface area contributed by atoms with Crippen LogP contribution in [0.3, 0.4) is 0 Å². The van der Waals surface area contributed by atoms with Crippen LogP contribution in [0.15, 0.2) is 23.8 Å². The molecule has 0 aromatic rings. The molecule has 54 valence electrons. The second-order valence-electron chi connectivity index (χ2n) is 2.12. The molecule has 0 bridgehead atoms. The third kappa shape index (κ3) is 5.14. The lowest BCUT2D eigenvalue weighted by Crippen LogP contribution is -1.90. The van der Waals surface area contributed by atoms with E-state index < -0.39 is 6.10 Å². The molecule has 0 fully saturated rings. The van der Waals surface area contributed by atoms with Gasteiger partial charge in [0, 0.05) is 0 Å². The molecule has 1 nitrogen and oxygen atoms in total. The quantitative estimate of drug-likeness (QED) is 0.450. The van der Waals surface area contributed by atoms with Gasteiger partial charge in [-0.15, -0.1) is 6.42 Å². The molecule has 1 unspecified atom stereocenters. The zero-order valence-electron chi connectivity index (χ0n) is 6.33. The normalized spacial score (nSPS) is 15.2. The zero-order chi connectivity index (χ0) is 7.98. The topological polar surface area (TPSA) is 20.2 Å². The van der Waals surface area contributed by atoms with Crippen LogP contribution in [0.4, 0.5) is 0 Å². The SMILES string of the molecule is C#CC(C)=CC=CC(C)O. The van der Waals surface area contributed by atoms with E-state index >= 15 is 0 Å². The number of allylic oxidation sites excluding steroid dienone is 3. The standard InChI is InChI=1S/C9H12O/c1-4-8(2)6-5-7-9(3)10/h1,5-7,9-10H,2-3H3. The lowest BCUT2D eigenvalue weighted by atomic mass is 10.2. The summed E-state index contributed by atoms with van der Waals surface area (Å²) in [7, 11) is 0. The van der Waals surface area contributed by atoms with Crippen LogP contribution in [0.2, 0.25) is 0 Å². The number of hydrogen-bond donors (Lipinski definition) is 1. The van der Waals surface area contributed by atoms with Crippen LogP contribution in [0.25, 0.3) is 0 Å². The molecule has 0 radical (unpaired) electrons. The highest BCUT2D eigenvalue weighted by molar-refractivity contribution is 5.26. The van der Waals surface area contributed by atoms with Crippen molar-refractivity contribution in [1.29, 1.82) is 0 Å². The van der Waals surface area contributed by atoms with Crippen LogP contribution < -0.4 is 0 Å². The Bertz CT molecular complexity index is 179. The fourth-order valence-electron chi connectivity index (χ4n) is 0.409. The predicted octanol–water partition coefficient (Wildman–Crippen LogP) is 1.50. The Morgan fingerprint density at radius 2 is 2.30 bits per heavy atom. The Balaban J connectivity index is 3.85. The first kappa shape index (κ1) is 9.00. The third-order valence-electron chi connectivity index (χ3n) is 0.964. The Morgan fingerprint density at radius 1 is 1.70 bits per heavy atom. The van der Waals surface area contributed by atoms with E-state index in [0.717, 1.165) is 5.57 Å². The van der Waals surface area contributed by atoms with Gasteiger partial charge in [0.25, 0.3) is 0 Å². The first-order valence-electron chi connectivity index (χ1n) is 3.16. The number of aliphatic hydroxyl groups excluding tert-OH is 1. The zero-order valence-corrected chi connectivity index (χ0v) is 6.33. The molecule has 0 heterocycles. The van der Waals surface area contributed by atoms with Crippen LogP contribution in [-0.2, 0) is 0 Å². The molecule has 0 aromatic carbocycles. The number of aliphatic hydroxyl groups is 1. The highest BCUT2D eigenvalue weighted by Crippen LogP contribution is 1.90. The van der Waals surface area contributed by atoms with Gasteiger partial charge in [0.1, 0.15) is 0 Å². The van der Waals surface area contributed by atoms with Gasteiger partial charge in [-0.2, -0.15) is 0 Å². The molecule has 10 heavy (non-hydrogen) atoms. The minimum absolute atomic E-state index is 0.401. The van der Waals surface area contributed by atoms with Crippen molar-refractivity contribution in [2.75, 3.05) is 0 Å². The Labute approximate surface area is 62.1 Å². The van der Waals surface area contributed by atoms with E-state index in [1.807, 2.05) is 6.92 Å². The molecule has 0 aliphatic heterocycles. The van der Waals surface area contributed by atoms with E-state index in [0.29, 0.717) is 0 Å². The van der Waals surface area contributed by atoms with Gasteiger partial charge in [-0.1, -0.05) is 24.1 Å². The minimum Gasteiger partial charge on any atom is -0.389 e. The molecule has 0 aliphatic rings. The first-order valence-corrected chi connectivity index (χ1v) is 3.16. The first-order chi connectivity index (χ1) is 4.66. The number of hydrogen-bond acceptors (Lipinski definition) is 1. The molecule has 0 spiro atoms. The van der Waals surface area contributed by atoms with Gasteiger partial charge in [0.15, 0.2) is 0 Å². The van der Waals surface area contributed by atoms with Crippen LogP contribution in [0.1, 0.15) is 13.8 Å². The van der Waals surface area contributed by atoms with Crippen LogP contribution >= 0.6 is 0 Å². The fraction of sp³-hybridized carbons (Fsp3) is 0.333. The van der Waals surface area contributed by atoms with Crippen molar-refractivity contribution in [1.82, 2.24) is 0 Å². The Kier molecular flexibility index (Phi) is 4.36. The van der Waals surface area contributed by atoms with Crippen LogP contribution in [0, 0.1) is 12.3 Å². The second kappa shape index (κ2) is 4.84. The summed E-state index contributed by atoms with van der Waals surface area (Å²) in [5, 5.41) is 8.77. The predicted molar refractivity (Wildman–Crippen MR) is 43.4 cm³/mol. The molecule has 1 atom stereocenters. The van der Waals surface area contributed by atoms with Crippen molar-refractivity contribution < 1.29 is 5.11 Å². The molecule has 1 N–H and O–H groups in total. The largest absolute Gasteiger partial charge is 0.389 e. The van der Waals surface area contributed by atoms with Crippen molar-refractivity contribution in [3.8, 4) is 12.3 Å². The van der Waals surface area contributed by atoms with Crippen LogP contribution in [-0.4, -0.2) is 11.2 Å². The van der Waals surface area contributed by atoms with Crippen molar-refractivity contribution in [2.24, 2.45) is 0 Å². The lowest BCUT2D eigenvalue weighted by molar-refractivity contribution is 0.244. The summed E-state index contributed by atoms with van der Waals surface area (Å²) >= 11 is 0. The third-order valence-corrected chi connectivity index (χ3v) is 0.964. The summed E-state index contributed by atoms with van der Waals surface area (Å²) < 4.78 is 0. The van der Waals surface area contributed by atoms with Crippen molar-refractivity contribution in [2.45, 2.75) is 20.0 Å². The maximum absolute atomic E-state index is 8.77. The molecule has 0 saturated carbocycles.